The van der Waals surface area contributed by atoms with Crippen LogP contribution in [0.2, 0.25) is 0 Å². The fourth-order valence-corrected chi connectivity index (χ4v) is 13.0. The number of H-pyrrole nitrogens is 1. The predicted octanol–water partition coefficient (Wildman–Crippen LogP) is -6.18. The van der Waals surface area contributed by atoms with Crippen molar-refractivity contribution < 1.29 is 117 Å². The quantitative estimate of drug-likeness (QED) is 0.0274. The summed E-state index contributed by atoms with van der Waals surface area (Å²) in [6.07, 6.45) is -3.97. The van der Waals surface area contributed by atoms with Crippen LogP contribution >= 0.6 is 0 Å². The summed E-state index contributed by atoms with van der Waals surface area (Å²) >= 11 is 0. The van der Waals surface area contributed by atoms with Crippen molar-refractivity contribution in [1.82, 2.24) is 84.3 Å². The Kier molecular flexibility index (Phi) is 44.6. The van der Waals surface area contributed by atoms with Gasteiger partial charge in [0, 0.05) is 36.5 Å². The third-order valence-electron chi connectivity index (χ3n) is 20.2. The van der Waals surface area contributed by atoms with Crippen molar-refractivity contribution in [1.29, 1.82) is 0 Å². The number of unbranched alkanes of at least 4 members (excludes halogenated alkanes) is 2. The number of carboxylic acid groups (broad SMARTS) is 3. The molecule has 0 aliphatic carbocycles. The van der Waals surface area contributed by atoms with Gasteiger partial charge in [0.1, 0.15) is 85.1 Å². The van der Waals surface area contributed by atoms with Crippen molar-refractivity contribution in [2.75, 3.05) is 32.7 Å². The fourth-order valence-electron chi connectivity index (χ4n) is 13.0. The van der Waals surface area contributed by atoms with E-state index in [0.29, 0.717) is 29.3 Å². The summed E-state index contributed by atoms with van der Waals surface area (Å²) in [5.41, 5.74) is 24.3. The number of rotatable bonds is 55. The Hall–Kier alpha value is -11.5. The highest BCUT2D eigenvalue weighted by molar-refractivity contribution is 6.02. The Morgan fingerprint density at radius 2 is 0.943 bits per heavy atom. The Morgan fingerprint density at radius 3 is 1.46 bits per heavy atom. The molecule has 44 nitrogen and oxygen atoms in total. The number of aliphatic carboxylic acids is 3. The summed E-state index contributed by atoms with van der Waals surface area (Å²) in [5, 5.41) is 84.5. The largest absolute Gasteiger partial charge is 0.481 e. The lowest BCUT2D eigenvalue weighted by Crippen LogP contribution is -2.63. The minimum absolute atomic E-state index is 0.00504. The van der Waals surface area contributed by atoms with Crippen LogP contribution in [0.5, 0.6) is 0 Å². The zero-order valence-electron chi connectivity index (χ0n) is 70.8. The minimum atomic E-state index is -2.00. The minimum Gasteiger partial charge on any atom is -0.481 e. The standard InChI is InChI=1S/C78H126N20O24/c1-12-40(8)62(75(119)97-63(42(10)99)76(120)93-52(32-55(81)101)71(115)91-53(33-58(105)106)66(110)85-36-59(107)108)95-77(121)64(43(11)100)96-72(116)54-24-19-29-98(54)78(122)41(9)86-56(102)35-84-65(109)51(31-44-34-83-46-21-14-13-20-45(44)46)90-68(112)48(23-16-18-28-80)87-67(111)47(22-15-17-27-79)88-69(113)49(25-26-57(103)104)89-70(114)50(30-37(2)3)92-74(118)61(39(6)7)94-73(117)60(82)38(4)5/h13-14,20-21,34,37-43,47-54,60-64,83,99-100H,12,15-19,22-33,35-36,79-80,82H2,1-11H3,(H2,81,101)(H,84,109)(H,85,110)(H,86,102)(H,87,111)(H,88,113)(H,89,114)(H,90,112)(H,91,115)(H,92,118)(H,93,120)(H,94,117)(H,95,121)(H,96,116)(H,97,119)(H,103,104)(H,105,106)(H,107,108)/t40-,41-,42+,43+,47-,48-,49-,50-,51-,52-,53-,54-,60-,61-,62-,63-,64-/m0/s1. The van der Waals surface area contributed by atoms with Gasteiger partial charge < -0.3 is 133 Å². The van der Waals surface area contributed by atoms with E-state index >= 15 is 0 Å². The van der Waals surface area contributed by atoms with Crippen LogP contribution in [0.3, 0.4) is 0 Å². The van der Waals surface area contributed by atoms with Crippen LogP contribution in [0.4, 0.5) is 0 Å². The van der Waals surface area contributed by atoms with Crippen molar-refractivity contribution in [2.24, 2.45) is 46.6 Å². The van der Waals surface area contributed by atoms with Crippen LogP contribution in [0.25, 0.3) is 10.9 Å². The number of aliphatic hydroxyl groups excluding tert-OH is 2. The molecule has 1 aliphatic rings. The van der Waals surface area contributed by atoms with E-state index in [2.05, 4.69) is 68.8 Å². The van der Waals surface area contributed by atoms with Crippen molar-refractivity contribution in [3.8, 4) is 0 Å². The van der Waals surface area contributed by atoms with Crippen molar-refractivity contribution >= 4 is 123 Å². The number of aliphatic hydroxyl groups is 2. The number of primary amides is 1. The topological polar surface area (TPSA) is 717 Å². The van der Waals surface area contributed by atoms with E-state index in [0.717, 1.165) is 18.7 Å². The zero-order valence-corrected chi connectivity index (χ0v) is 70.8. The van der Waals surface area contributed by atoms with Crippen LogP contribution in [0, 0.1) is 23.7 Å². The summed E-state index contributed by atoms with van der Waals surface area (Å²) in [4.78, 5) is 261. The van der Waals surface area contributed by atoms with E-state index < -0.39 is 260 Å². The first kappa shape index (κ1) is 105. The Morgan fingerprint density at radius 1 is 0.484 bits per heavy atom. The van der Waals surface area contributed by atoms with E-state index in [1.54, 1.807) is 78.9 Å². The lowest BCUT2D eigenvalue weighted by atomic mass is 9.96. The van der Waals surface area contributed by atoms with Crippen LogP contribution in [0.1, 0.15) is 172 Å². The third kappa shape index (κ3) is 34.9. The SMILES string of the molecule is CC[C@H](C)[C@H](NC(=O)[C@@H](NC(=O)[C@@H]1CCCN1C(=O)[C@H](C)NC(=O)CNC(=O)[C@H](Cc1c[nH]c2ccccc12)NC(=O)[C@H](CCCCN)NC(=O)[C@H](CCCCN)NC(=O)[C@H](CCC(=O)O)NC(=O)[C@H](CC(C)C)NC(=O)[C@@H](NC(=O)[C@@H](N)C(C)C)C(C)C)[C@@H](C)O)C(=O)N[C@H](C(=O)N[C@@H](CC(N)=O)C(=O)N[C@@H](CC(=O)O)C(=O)NCC(=O)O)[C@@H](C)O. The molecule has 0 radical (unpaired) electrons. The number of hydrogen-bond donors (Lipinski definition) is 24. The number of carboxylic acids is 3. The maximum atomic E-state index is 14.8. The number of nitrogens with one attached hydrogen (secondary N) is 15. The Balaban J connectivity index is 1.87. The number of carbonyl (C=O) groups is 19. The second kappa shape index (κ2) is 52.0. The van der Waals surface area contributed by atoms with Crippen molar-refractivity contribution in [3.63, 3.8) is 0 Å². The lowest BCUT2D eigenvalue weighted by molar-refractivity contribution is -0.143. The summed E-state index contributed by atoms with van der Waals surface area (Å²) in [7, 11) is 0. The van der Waals surface area contributed by atoms with Gasteiger partial charge >= 0.3 is 17.9 Å². The molecular formula is C78H126N20O24. The summed E-state index contributed by atoms with van der Waals surface area (Å²) in [6, 6.07) is -14.6. The van der Waals surface area contributed by atoms with Crippen LogP contribution in [0.15, 0.2) is 30.5 Å². The highest BCUT2D eigenvalue weighted by Crippen LogP contribution is 2.23. The average Bonchev–Trinajstić information content (AvgIpc) is 1.58. The molecule has 28 N–H and O–H groups in total. The smallest absolute Gasteiger partial charge is 0.322 e. The number of carbonyl (C=O) groups excluding carboxylic acids is 16. The van der Waals surface area contributed by atoms with Gasteiger partial charge in [0.15, 0.2) is 0 Å². The van der Waals surface area contributed by atoms with E-state index in [1.807, 2.05) is 10.6 Å². The molecule has 17 atom stereocenters. The molecule has 1 aliphatic heterocycles. The molecule has 3 rings (SSSR count). The highest BCUT2D eigenvalue weighted by Gasteiger charge is 2.43. The molecule has 0 unspecified atom stereocenters. The van der Waals surface area contributed by atoms with Crippen molar-refractivity contribution in [3.05, 3.63) is 36.0 Å². The lowest BCUT2D eigenvalue weighted by Gasteiger charge is -2.31. The van der Waals surface area contributed by atoms with Gasteiger partial charge in [-0.2, -0.15) is 0 Å². The molecule has 44 heteroatoms. The second-order valence-electron chi connectivity index (χ2n) is 31.5. The van der Waals surface area contributed by atoms with Gasteiger partial charge in [0.2, 0.25) is 94.5 Å². The average molecular weight is 1730 g/mol. The summed E-state index contributed by atoms with van der Waals surface area (Å²) in [5.74, 6) is -22.5. The molecule has 122 heavy (non-hydrogen) atoms. The first-order valence-electron chi connectivity index (χ1n) is 40.8. The predicted molar refractivity (Wildman–Crippen MR) is 438 cm³/mol. The van der Waals surface area contributed by atoms with Crippen LogP contribution in [-0.2, 0) is 97.5 Å². The van der Waals surface area contributed by atoms with Gasteiger partial charge in [-0.15, -0.1) is 0 Å². The van der Waals surface area contributed by atoms with Gasteiger partial charge in [-0.3, -0.25) is 91.1 Å². The number of nitrogens with two attached hydrogens (primary N) is 4. The number of likely N-dealkylation sites (tertiary alicyclic amines) is 1. The third-order valence-corrected chi connectivity index (χ3v) is 20.2. The van der Waals surface area contributed by atoms with E-state index in [1.165, 1.54) is 13.8 Å². The number of nitrogens with zero attached hydrogens (tertiary/aromatic N) is 1. The van der Waals surface area contributed by atoms with Crippen molar-refractivity contribution in [2.45, 2.75) is 269 Å². The zero-order chi connectivity index (χ0) is 92.1. The first-order valence-corrected chi connectivity index (χ1v) is 40.8. The maximum absolute atomic E-state index is 14.8. The first-order chi connectivity index (χ1) is 57.3. The molecule has 682 valence electrons. The number of amides is 16. The molecule has 1 aromatic carbocycles. The number of aromatic amines is 1. The fraction of sp³-hybridized carbons (Fsp3) is 0.654. The van der Waals surface area contributed by atoms with Gasteiger partial charge in [-0.25, -0.2) is 0 Å². The molecular weight excluding hydrogens is 1600 g/mol. The monoisotopic (exact) mass is 1730 g/mol. The second-order valence-corrected chi connectivity index (χ2v) is 31.5. The molecule has 1 fully saturated rings. The van der Waals surface area contributed by atoms with E-state index in [-0.39, 0.29) is 89.3 Å². The number of aromatic nitrogens is 1. The normalized spacial score (nSPS) is 16.5. The van der Waals surface area contributed by atoms with E-state index in [9.17, 15) is 112 Å². The molecule has 0 bridgehead atoms. The molecule has 2 heterocycles. The molecule has 0 saturated carbocycles. The van der Waals surface area contributed by atoms with Gasteiger partial charge in [0.05, 0.1) is 37.6 Å². The van der Waals surface area contributed by atoms with Gasteiger partial charge in [0.25, 0.3) is 0 Å². The summed E-state index contributed by atoms with van der Waals surface area (Å²) in [6.45, 7) is 15.4. The Labute approximate surface area is 706 Å². The molecule has 16 amide bonds. The van der Waals surface area contributed by atoms with E-state index in [4.69, 9.17) is 28.0 Å². The number of fused-ring (bicyclic) bond motifs is 1. The maximum Gasteiger partial charge on any atom is 0.322 e. The Bertz CT molecular complexity index is 3970. The number of benzene rings is 1. The highest BCUT2D eigenvalue weighted by atomic mass is 16.4. The molecule has 2 aromatic rings. The summed E-state index contributed by atoms with van der Waals surface area (Å²) < 4.78 is 0. The number of hydrogen-bond acceptors (Lipinski definition) is 24. The van der Waals surface area contributed by atoms with Crippen LogP contribution < -0.4 is 97.4 Å². The molecule has 1 aromatic heterocycles. The van der Waals surface area contributed by atoms with Gasteiger partial charge in [-0.05, 0) is 133 Å². The van der Waals surface area contributed by atoms with Crippen LogP contribution in [-0.4, -0.2) is 277 Å². The number of para-hydroxylation sites is 1. The molecule has 1 saturated heterocycles. The molecule has 0 spiro atoms. The van der Waals surface area contributed by atoms with Gasteiger partial charge in [-0.1, -0.05) is 80.0 Å².